The first-order valence-corrected chi connectivity index (χ1v) is 11.5. The molecule has 0 saturated carbocycles. The summed E-state index contributed by atoms with van der Waals surface area (Å²) in [7, 11) is -1.72. The van der Waals surface area contributed by atoms with Crippen molar-refractivity contribution in [1.82, 2.24) is 14.2 Å². The average Bonchev–Trinajstić information content (AvgIpc) is 3.14. The highest BCUT2D eigenvalue weighted by Crippen LogP contribution is 2.28. The smallest absolute Gasteiger partial charge is 0.242 e. The molecule has 1 aliphatic rings. The van der Waals surface area contributed by atoms with Gasteiger partial charge in [0.15, 0.2) is 0 Å². The zero-order valence-electron chi connectivity index (χ0n) is 16.3. The molecule has 2 aromatic carbocycles. The number of nitrogens with zero attached hydrogens (tertiary/aromatic N) is 2. The van der Waals surface area contributed by atoms with Crippen molar-refractivity contribution in [2.75, 3.05) is 13.1 Å². The van der Waals surface area contributed by atoms with Crippen LogP contribution in [0.5, 0.6) is 0 Å². The monoisotopic (exact) mass is 429 g/mol. The maximum atomic E-state index is 12.9. The quantitative estimate of drug-likeness (QED) is 0.649. The highest BCUT2D eigenvalue weighted by atomic mass is 35.5. The molecule has 1 aromatic heterocycles. The number of halogens is 1. The summed E-state index contributed by atoms with van der Waals surface area (Å²) in [5.41, 5.74) is 3.74. The molecule has 2 heterocycles. The van der Waals surface area contributed by atoms with Crippen LogP contribution in [0.1, 0.15) is 22.9 Å². The third-order valence-corrected chi connectivity index (χ3v) is 7.44. The summed E-state index contributed by atoms with van der Waals surface area (Å²) in [5, 5.41) is 0.224. The van der Waals surface area contributed by atoms with E-state index in [-0.39, 0.29) is 22.5 Å². The SMILES string of the molecule is Cn1cccc1C(CNS(=O)(=O)c1ccccc1Cl)N1CCc2ccccc2C1. The Labute approximate surface area is 177 Å². The van der Waals surface area contributed by atoms with Gasteiger partial charge in [0.2, 0.25) is 10.0 Å². The van der Waals surface area contributed by atoms with Crippen LogP contribution in [0.15, 0.2) is 71.8 Å². The lowest BCUT2D eigenvalue weighted by Crippen LogP contribution is -2.41. The van der Waals surface area contributed by atoms with E-state index in [1.54, 1.807) is 18.2 Å². The van der Waals surface area contributed by atoms with Crippen LogP contribution in [-0.4, -0.2) is 31.0 Å². The minimum atomic E-state index is -3.71. The van der Waals surface area contributed by atoms with E-state index in [1.807, 2.05) is 19.3 Å². The van der Waals surface area contributed by atoms with E-state index < -0.39 is 10.0 Å². The molecule has 1 N–H and O–H groups in total. The molecule has 0 amide bonds. The Balaban J connectivity index is 1.60. The number of rotatable bonds is 6. The fourth-order valence-electron chi connectivity index (χ4n) is 3.95. The van der Waals surface area contributed by atoms with Crippen LogP contribution in [0.4, 0.5) is 0 Å². The van der Waals surface area contributed by atoms with Crippen LogP contribution < -0.4 is 4.72 Å². The van der Waals surface area contributed by atoms with Gasteiger partial charge in [0.05, 0.1) is 11.1 Å². The van der Waals surface area contributed by atoms with Crippen molar-refractivity contribution in [1.29, 1.82) is 0 Å². The van der Waals surface area contributed by atoms with Gasteiger partial charge in [-0.25, -0.2) is 13.1 Å². The Morgan fingerprint density at radius 3 is 2.48 bits per heavy atom. The molecule has 0 fully saturated rings. The molecule has 1 aliphatic heterocycles. The van der Waals surface area contributed by atoms with E-state index in [1.165, 1.54) is 17.2 Å². The van der Waals surface area contributed by atoms with Crippen LogP contribution in [0.25, 0.3) is 0 Å². The number of hydrogen-bond acceptors (Lipinski definition) is 3. The molecular weight excluding hydrogens is 406 g/mol. The van der Waals surface area contributed by atoms with E-state index in [9.17, 15) is 8.42 Å². The summed E-state index contributed by atoms with van der Waals surface area (Å²) < 4.78 is 30.6. The molecule has 0 radical (unpaired) electrons. The summed E-state index contributed by atoms with van der Waals surface area (Å²) in [4.78, 5) is 2.45. The zero-order chi connectivity index (χ0) is 20.4. The largest absolute Gasteiger partial charge is 0.353 e. The number of sulfonamides is 1. The van der Waals surface area contributed by atoms with E-state index in [4.69, 9.17) is 11.6 Å². The summed E-state index contributed by atoms with van der Waals surface area (Å²) in [6.45, 7) is 1.94. The molecule has 5 nitrogen and oxygen atoms in total. The lowest BCUT2D eigenvalue weighted by Gasteiger charge is -2.36. The number of hydrogen-bond donors (Lipinski definition) is 1. The van der Waals surface area contributed by atoms with E-state index in [2.05, 4.69) is 44.5 Å². The van der Waals surface area contributed by atoms with Crippen LogP contribution in [-0.2, 0) is 30.0 Å². The summed E-state index contributed by atoms with van der Waals surface area (Å²) in [6.07, 6.45) is 2.94. The number of nitrogens with one attached hydrogen (secondary N) is 1. The van der Waals surface area contributed by atoms with Gasteiger partial charge in [-0.1, -0.05) is 48.0 Å². The van der Waals surface area contributed by atoms with Gasteiger partial charge in [0.25, 0.3) is 0 Å². The second-order valence-corrected chi connectivity index (χ2v) is 9.47. The number of benzene rings is 2. The minimum absolute atomic E-state index is 0.0828. The van der Waals surface area contributed by atoms with Gasteiger partial charge in [-0.05, 0) is 41.8 Å². The van der Waals surface area contributed by atoms with Crippen molar-refractivity contribution in [2.45, 2.75) is 23.9 Å². The topological polar surface area (TPSA) is 54.3 Å². The zero-order valence-corrected chi connectivity index (χ0v) is 17.8. The van der Waals surface area contributed by atoms with E-state index in [0.29, 0.717) is 0 Å². The molecule has 0 bridgehead atoms. The van der Waals surface area contributed by atoms with Gasteiger partial charge < -0.3 is 4.57 Å². The van der Waals surface area contributed by atoms with Crippen molar-refractivity contribution in [3.05, 3.63) is 88.7 Å². The van der Waals surface area contributed by atoms with Crippen molar-refractivity contribution in [2.24, 2.45) is 7.05 Å². The number of fused-ring (bicyclic) bond motifs is 1. The summed E-state index contributed by atoms with van der Waals surface area (Å²) in [5.74, 6) is 0. The Bertz CT molecular complexity index is 1110. The molecular formula is C22H24ClN3O2S. The molecule has 0 aliphatic carbocycles. The van der Waals surface area contributed by atoms with Gasteiger partial charge in [-0.3, -0.25) is 4.90 Å². The first-order chi connectivity index (χ1) is 14.0. The van der Waals surface area contributed by atoms with Crippen LogP contribution in [0, 0.1) is 0 Å². The van der Waals surface area contributed by atoms with Crippen molar-refractivity contribution in [3.8, 4) is 0 Å². The van der Waals surface area contributed by atoms with Crippen LogP contribution in [0.3, 0.4) is 0 Å². The molecule has 152 valence electrons. The van der Waals surface area contributed by atoms with Gasteiger partial charge >= 0.3 is 0 Å². The number of aryl methyl sites for hydroxylation is 1. The molecule has 4 rings (SSSR count). The summed E-state index contributed by atoms with van der Waals surface area (Å²) >= 11 is 6.12. The Hall–Kier alpha value is -2.12. The number of aromatic nitrogens is 1. The molecule has 0 spiro atoms. The molecule has 29 heavy (non-hydrogen) atoms. The van der Waals surface area contributed by atoms with Gasteiger partial charge in [0, 0.05) is 38.6 Å². The second kappa shape index (κ2) is 8.32. The fourth-order valence-corrected chi connectivity index (χ4v) is 5.51. The highest BCUT2D eigenvalue weighted by molar-refractivity contribution is 7.89. The van der Waals surface area contributed by atoms with Crippen molar-refractivity contribution < 1.29 is 8.42 Å². The third kappa shape index (κ3) is 4.26. The fraction of sp³-hybridized carbons (Fsp3) is 0.273. The van der Waals surface area contributed by atoms with Gasteiger partial charge in [-0.2, -0.15) is 0 Å². The Morgan fingerprint density at radius 1 is 1.03 bits per heavy atom. The Kier molecular flexibility index (Phi) is 5.79. The van der Waals surface area contributed by atoms with Crippen LogP contribution >= 0.6 is 11.6 Å². The summed E-state index contributed by atoms with van der Waals surface area (Å²) in [6, 6.07) is 18.9. The van der Waals surface area contributed by atoms with Crippen molar-refractivity contribution in [3.63, 3.8) is 0 Å². The van der Waals surface area contributed by atoms with Crippen LogP contribution in [0.2, 0.25) is 5.02 Å². The van der Waals surface area contributed by atoms with Gasteiger partial charge in [0.1, 0.15) is 4.90 Å². The molecule has 1 atom stereocenters. The first-order valence-electron chi connectivity index (χ1n) is 9.62. The standard InChI is InChI=1S/C22H24ClN3O2S/c1-25-13-6-10-20(25)21(26-14-12-17-7-2-3-8-18(17)16-26)15-24-29(27,28)22-11-5-4-9-19(22)23/h2-11,13,21,24H,12,14-16H2,1H3. The molecule has 7 heteroatoms. The van der Waals surface area contributed by atoms with E-state index >= 15 is 0 Å². The second-order valence-electron chi connectivity index (χ2n) is 7.33. The van der Waals surface area contributed by atoms with Gasteiger partial charge in [-0.15, -0.1) is 0 Å². The average molecular weight is 430 g/mol. The normalized spacial score (nSPS) is 15.8. The highest BCUT2D eigenvalue weighted by Gasteiger charge is 2.28. The predicted molar refractivity (Wildman–Crippen MR) is 115 cm³/mol. The molecule has 0 saturated heterocycles. The van der Waals surface area contributed by atoms with E-state index in [0.717, 1.165) is 25.2 Å². The maximum Gasteiger partial charge on any atom is 0.242 e. The molecule has 3 aromatic rings. The molecule has 1 unspecified atom stereocenters. The van der Waals surface area contributed by atoms with Crippen molar-refractivity contribution >= 4 is 21.6 Å². The lowest BCUT2D eigenvalue weighted by atomic mass is 9.98. The predicted octanol–water partition coefficient (Wildman–Crippen LogP) is 3.76. The Morgan fingerprint density at radius 2 is 1.76 bits per heavy atom. The minimum Gasteiger partial charge on any atom is -0.353 e. The lowest BCUT2D eigenvalue weighted by molar-refractivity contribution is 0.174. The first kappa shape index (κ1) is 20.2. The maximum absolute atomic E-state index is 12.9. The third-order valence-electron chi connectivity index (χ3n) is 5.52.